The molecule has 28 heavy (non-hydrogen) atoms. The third-order valence-electron chi connectivity index (χ3n) is 5.09. The maximum absolute atomic E-state index is 13.1. The van der Waals surface area contributed by atoms with Gasteiger partial charge in [0.1, 0.15) is 17.2 Å². The van der Waals surface area contributed by atoms with Gasteiger partial charge in [0.25, 0.3) is 5.91 Å². The van der Waals surface area contributed by atoms with E-state index in [1.165, 1.54) is 14.2 Å². The number of aryl methyl sites for hydroxylation is 1. The minimum absolute atomic E-state index is 0.0496. The highest BCUT2D eigenvalue weighted by Crippen LogP contribution is 2.28. The van der Waals surface area contributed by atoms with Crippen LogP contribution in [-0.2, 0) is 0 Å². The number of Topliss-reactive ketones (excluding diaryl/α,β-unsaturated/α-hetero) is 1. The number of carbonyl (C=O) groups is 2. The summed E-state index contributed by atoms with van der Waals surface area (Å²) in [5, 5.41) is 0. The molecule has 0 spiro atoms. The van der Waals surface area contributed by atoms with E-state index in [-0.39, 0.29) is 11.7 Å². The Morgan fingerprint density at radius 3 is 2.18 bits per heavy atom. The Morgan fingerprint density at radius 2 is 1.61 bits per heavy atom. The molecular weight excluding hydrogens is 358 g/mol. The Bertz CT molecular complexity index is 870. The quantitative estimate of drug-likeness (QED) is 0.714. The van der Waals surface area contributed by atoms with Crippen molar-refractivity contribution in [1.82, 2.24) is 4.90 Å². The highest BCUT2D eigenvalue weighted by molar-refractivity contribution is 6.05. The van der Waals surface area contributed by atoms with Crippen molar-refractivity contribution in [3.8, 4) is 17.2 Å². The minimum atomic E-state index is -0.475. The molecule has 1 atom stereocenters. The summed E-state index contributed by atoms with van der Waals surface area (Å²) in [6.07, 6.45) is 1.44. The number of ketones is 1. The molecule has 6 heteroatoms. The second-order valence-corrected chi connectivity index (χ2v) is 6.81. The van der Waals surface area contributed by atoms with Crippen LogP contribution in [0.1, 0.15) is 39.1 Å². The van der Waals surface area contributed by atoms with Gasteiger partial charge < -0.3 is 19.1 Å². The van der Waals surface area contributed by atoms with Crippen molar-refractivity contribution in [3.63, 3.8) is 0 Å². The molecule has 3 rings (SSSR count). The molecule has 148 valence electrons. The Morgan fingerprint density at radius 1 is 0.929 bits per heavy atom. The van der Waals surface area contributed by atoms with Crippen LogP contribution in [0.3, 0.4) is 0 Å². The first-order chi connectivity index (χ1) is 13.5. The second kappa shape index (κ2) is 8.33. The topological polar surface area (TPSA) is 65.1 Å². The van der Waals surface area contributed by atoms with Gasteiger partial charge in [-0.1, -0.05) is 0 Å². The molecule has 0 radical (unpaired) electrons. The summed E-state index contributed by atoms with van der Waals surface area (Å²) in [6, 6.07) is 9.93. The van der Waals surface area contributed by atoms with Gasteiger partial charge in [0.05, 0.1) is 27.4 Å². The van der Waals surface area contributed by atoms with Gasteiger partial charge in [-0.05, 0) is 55.7 Å². The molecule has 0 aromatic heterocycles. The van der Waals surface area contributed by atoms with E-state index >= 15 is 0 Å². The molecule has 0 N–H and O–H groups in total. The van der Waals surface area contributed by atoms with Gasteiger partial charge in [0.2, 0.25) is 0 Å². The number of methoxy groups -OCH3 is 3. The lowest BCUT2D eigenvalue weighted by atomic mass is 9.99. The summed E-state index contributed by atoms with van der Waals surface area (Å²) >= 11 is 0. The zero-order valence-electron chi connectivity index (χ0n) is 16.7. The highest BCUT2D eigenvalue weighted by atomic mass is 16.5. The fourth-order valence-corrected chi connectivity index (χ4v) is 3.60. The van der Waals surface area contributed by atoms with E-state index in [0.29, 0.717) is 35.6 Å². The number of amides is 1. The Balaban J connectivity index is 1.87. The van der Waals surface area contributed by atoms with E-state index in [1.807, 2.05) is 13.0 Å². The number of ether oxygens (including phenoxy) is 3. The molecule has 0 saturated carbocycles. The molecule has 1 fully saturated rings. The number of rotatable bonds is 6. The number of carbonyl (C=O) groups excluding carboxylic acids is 2. The van der Waals surface area contributed by atoms with Crippen molar-refractivity contribution in [3.05, 3.63) is 53.1 Å². The van der Waals surface area contributed by atoms with Crippen molar-refractivity contribution in [1.29, 1.82) is 0 Å². The number of hydrogen-bond acceptors (Lipinski definition) is 5. The summed E-state index contributed by atoms with van der Waals surface area (Å²) in [4.78, 5) is 27.9. The summed E-state index contributed by atoms with van der Waals surface area (Å²) in [5.74, 6) is 1.57. The van der Waals surface area contributed by atoms with Crippen LogP contribution in [0.15, 0.2) is 36.4 Å². The van der Waals surface area contributed by atoms with E-state index in [1.54, 1.807) is 42.3 Å². The smallest absolute Gasteiger partial charge is 0.254 e. The van der Waals surface area contributed by atoms with Crippen LogP contribution in [0, 0.1) is 6.92 Å². The molecule has 1 aliphatic heterocycles. The molecular formula is C22H25NO5. The molecule has 2 aromatic rings. The van der Waals surface area contributed by atoms with E-state index in [9.17, 15) is 9.59 Å². The predicted octanol–water partition coefficient (Wildman–Crippen LogP) is 3.51. The highest BCUT2D eigenvalue weighted by Gasteiger charge is 2.35. The van der Waals surface area contributed by atoms with Crippen LogP contribution in [0.25, 0.3) is 0 Å². The molecule has 1 aliphatic rings. The summed E-state index contributed by atoms with van der Waals surface area (Å²) in [6.45, 7) is 2.44. The standard InChI is InChI=1S/C22H25NO5/c1-14-10-15(7-8-20(14)28-4)21(24)19-6-5-9-23(19)22(25)16-11-17(26-2)13-18(12-16)27-3/h7-8,10-13,19H,5-6,9H2,1-4H3. The van der Waals surface area contributed by atoms with Gasteiger partial charge in [-0.25, -0.2) is 0 Å². The van der Waals surface area contributed by atoms with Gasteiger partial charge in [0.15, 0.2) is 5.78 Å². The fraction of sp³-hybridized carbons (Fsp3) is 0.364. The molecule has 0 aliphatic carbocycles. The van der Waals surface area contributed by atoms with E-state index in [0.717, 1.165) is 17.7 Å². The number of likely N-dealkylation sites (tertiary alicyclic amines) is 1. The van der Waals surface area contributed by atoms with Crippen LogP contribution in [0.2, 0.25) is 0 Å². The lowest BCUT2D eigenvalue weighted by Crippen LogP contribution is -2.40. The second-order valence-electron chi connectivity index (χ2n) is 6.81. The predicted molar refractivity (Wildman–Crippen MR) is 106 cm³/mol. The lowest BCUT2D eigenvalue weighted by Gasteiger charge is -2.24. The van der Waals surface area contributed by atoms with Crippen molar-refractivity contribution >= 4 is 11.7 Å². The number of benzene rings is 2. The van der Waals surface area contributed by atoms with E-state index in [2.05, 4.69) is 0 Å². The zero-order chi connectivity index (χ0) is 20.3. The monoisotopic (exact) mass is 383 g/mol. The van der Waals surface area contributed by atoms with Crippen LogP contribution >= 0.6 is 0 Å². The Labute approximate surface area is 165 Å². The van der Waals surface area contributed by atoms with Crippen LogP contribution in [-0.4, -0.2) is 50.5 Å². The van der Waals surface area contributed by atoms with Crippen LogP contribution in [0.4, 0.5) is 0 Å². The normalized spacial score (nSPS) is 16.0. The fourth-order valence-electron chi connectivity index (χ4n) is 3.60. The lowest BCUT2D eigenvalue weighted by molar-refractivity contribution is 0.0671. The molecule has 1 saturated heterocycles. The van der Waals surface area contributed by atoms with Crippen LogP contribution < -0.4 is 14.2 Å². The molecule has 0 bridgehead atoms. The van der Waals surface area contributed by atoms with Crippen LogP contribution in [0.5, 0.6) is 17.2 Å². The van der Waals surface area contributed by atoms with Gasteiger partial charge in [-0.3, -0.25) is 9.59 Å². The van der Waals surface area contributed by atoms with Crippen molar-refractivity contribution in [2.75, 3.05) is 27.9 Å². The minimum Gasteiger partial charge on any atom is -0.497 e. The third-order valence-corrected chi connectivity index (χ3v) is 5.09. The average molecular weight is 383 g/mol. The molecule has 6 nitrogen and oxygen atoms in total. The van der Waals surface area contributed by atoms with Gasteiger partial charge in [-0.2, -0.15) is 0 Å². The number of nitrogens with zero attached hydrogens (tertiary/aromatic N) is 1. The molecule has 1 amide bonds. The van der Waals surface area contributed by atoms with Crippen molar-refractivity contribution in [2.45, 2.75) is 25.8 Å². The zero-order valence-corrected chi connectivity index (χ0v) is 16.7. The maximum atomic E-state index is 13.1. The average Bonchev–Trinajstić information content (AvgIpc) is 3.21. The summed E-state index contributed by atoms with van der Waals surface area (Å²) in [7, 11) is 4.68. The van der Waals surface area contributed by atoms with Gasteiger partial charge in [-0.15, -0.1) is 0 Å². The number of hydrogen-bond donors (Lipinski definition) is 0. The SMILES string of the molecule is COc1cc(OC)cc(C(=O)N2CCCC2C(=O)c2ccc(OC)c(C)c2)c1. The first-order valence-corrected chi connectivity index (χ1v) is 9.21. The van der Waals surface area contributed by atoms with E-state index < -0.39 is 6.04 Å². The maximum Gasteiger partial charge on any atom is 0.254 e. The van der Waals surface area contributed by atoms with Gasteiger partial charge >= 0.3 is 0 Å². The first kappa shape index (κ1) is 19.7. The molecule has 1 heterocycles. The van der Waals surface area contributed by atoms with E-state index in [4.69, 9.17) is 14.2 Å². The summed E-state index contributed by atoms with van der Waals surface area (Å²) < 4.78 is 15.8. The third kappa shape index (κ3) is 3.81. The molecule has 2 aromatic carbocycles. The van der Waals surface area contributed by atoms with Crippen molar-refractivity contribution < 1.29 is 23.8 Å². The Hall–Kier alpha value is -3.02. The molecule has 1 unspecified atom stereocenters. The summed E-state index contributed by atoms with van der Waals surface area (Å²) in [5.41, 5.74) is 1.93. The van der Waals surface area contributed by atoms with Crippen molar-refractivity contribution in [2.24, 2.45) is 0 Å². The first-order valence-electron chi connectivity index (χ1n) is 9.21. The van der Waals surface area contributed by atoms with Gasteiger partial charge in [0, 0.05) is 23.7 Å². The largest absolute Gasteiger partial charge is 0.497 e. The Kier molecular flexibility index (Phi) is 5.87.